The van der Waals surface area contributed by atoms with Crippen LogP contribution in [0, 0.1) is 17.2 Å². The number of nitriles is 1. The molecule has 0 radical (unpaired) electrons. The topological polar surface area (TPSA) is 120 Å². The molecule has 2 N–H and O–H groups in total. The van der Waals surface area contributed by atoms with Crippen molar-refractivity contribution in [3.8, 4) is 17.3 Å². The maximum atomic E-state index is 12.4. The summed E-state index contributed by atoms with van der Waals surface area (Å²) >= 11 is 0. The Morgan fingerprint density at radius 3 is 2.55 bits per heavy atom. The van der Waals surface area contributed by atoms with Gasteiger partial charge in [0, 0.05) is 43.7 Å². The van der Waals surface area contributed by atoms with Gasteiger partial charge in [-0.1, -0.05) is 44.2 Å². The van der Waals surface area contributed by atoms with Gasteiger partial charge in [-0.15, -0.1) is 0 Å². The molecule has 9 nitrogen and oxygen atoms in total. The molecule has 4 rings (SSSR count). The summed E-state index contributed by atoms with van der Waals surface area (Å²) in [7, 11) is 0. The second-order valence-corrected chi connectivity index (χ2v) is 10.2. The first-order valence-corrected chi connectivity index (χ1v) is 13.7. The Balaban J connectivity index is 1.30. The van der Waals surface area contributed by atoms with Crippen LogP contribution < -0.4 is 10.6 Å². The molecule has 0 atom stereocenters. The SMILES string of the molecule is CC(C)C(=O)Nc1ccc(-c2ccnc(Cc3ccc(CC(=O)NCCCN4CCOCC4)cc3)n2)cc1C#N. The Labute approximate surface area is 235 Å². The summed E-state index contributed by atoms with van der Waals surface area (Å²) in [4.78, 5) is 35.9. The predicted molar refractivity (Wildman–Crippen MR) is 153 cm³/mol. The number of ether oxygens (including phenoxy) is 1. The molecule has 1 aromatic heterocycles. The van der Waals surface area contributed by atoms with Gasteiger partial charge in [0.05, 0.1) is 36.6 Å². The molecule has 1 saturated heterocycles. The van der Waals surface area contributed by atoms with Crippen molar-refractivity contribution in [2.45, 2.75) is 33.1 Å². The van der Waals surface area contributed by atoms with Gasteiger partial charge >= 0.3 is 0 Å². The summed E-state index contributed by atoms with van der Waals surface area (Å²) in [6, 6.07) is 17.2. The quantitative estimate of drug-likeness (QED) is 0.357. The van der Waals surface area contributed by atoms with Crippen molar-refractivity contribution in [3.63, 3.8) is 0 Å². The number of benzene rings is 2. The third-order valence-electron chi connectivity index (χ3n) is 6.75. The molecule has 2 aromatic carbocycles. The average Bonchev–Trinajstić information content (AvgIpc) is 2.97. The van der Waals surface area contributed by atoms with E-state index < -0.39 is 0 Å². The molecular weight excluding hydrogens is 504 g/mol. The third-order valence-corrected chi connectivity index (χ3v) is 6.75. The van der Waals surface area contributed by atoms with E-state index in [4.69, 9.17) is 9.72 Å². The molecule has 3 aromatic rings. The zero-order valence-electron chi connectivity index (χ0n) is 23.2. The molecule has 1 aliphatic rings. The highest BCUT2D eigenvalue weighted by molar-refractivity contribution is 5.93. The highest BCUT2D eigenvalue weighted by atomic mass is 16.5. The fraction of sp³-hybridized carbons (Fsp3) is 0.387. The maximum Gasteiger partial charge on any atom is 0.226 e. The summed E-state index contributed by atoms with van der Waals surface area (Å²) in [6.45, 7) is 8.76. The van der Waals surface area contributed by atoms with Crippen molar-refractivity contribution in [2.75, 3.05) is 44.7 Å². The van der Waals surface area contributed by atoms with Gasteiger partial charge in [-0.05, 0) is 42.3 Å². The van der Waals surface area contributed by atoms with E-state index in [-0.39, 0.29) is 17.7 Å². The second-order valence-electron chi connectivity index (χ2n) is 10.2. The lowest BCUT2D eigenvalue weighted by Crippen LogP contribution is -2.38. The fourth-order valence-electron chi connectivity index (χ4n) is 4.39. The van der Waals surface area contributed by atoms with Gasteiger partial charge in [-0.2, -0.15) is 5.26 Å². The molecule has 0 unspecified atom stereocenters. The Kier molecular flexibility index (Phi) is 10.3. The first-order chi connectivity index (χ1) is 19.4. The molecule has 0 spiro atoms. The van der Waals surface area contributed by atoms with Crippen molar-refractivity contribution >= 4 is 17.5 Å². The number of rotatable bonds is 11. The van der Waals surface area contributed by atoms with Crippen LogP contribution in [0.2, 0.25) is 0 Å². The molecule has 1 aliphatic heterocycles. The van der Waals surface area contributed by atoms with Gasteiger partial charge in [-0.3, -0.25) is 14.5 Å². The Morgan fingerprint density at radius 2 is 1.82 bits per heavy atom. The van der Waals surface area contributed by atoms with E-state index in [1.807, 2.05) is 30.3 Å². The van der Waals surface area contributed by atoms with Crippen LogP contribution in [0.4, 0.5) is 5.69 Å². The molecule has 0 saturated carbocycles. The molecule has 1 fully saturated rings. The van der Waals surface area contributed by atoms with Crippen molar-refractivity contribution in [1.82, 2.24) is 20.2 Å². The summed E-state index contributed by atoms with van der Waals surface area (Å²) in [5, 5.41) is 15.4. The standard InChI is InChI=1S/C31H36N6O3/c1-22(2)31(39)36-27-9-8-25(20-26(27)21-32)28-10-12-33-29(35-28)18-23-4-6-24(7-5-23)19-30(38)34-11-3-13-37-14-16-40-17-15-37/h4-10,12,20,22H,3,11,13-19H2,1-2H3,(H,34,38)(H,36,39). The van der Waals surface area contributed by atoms with Crippen LogP contribution >= 0.6 is 0 Å². The number of hydrogen-bond donors (Lipinski definition) is 2. The first kappa shape index (κ1) is 28.9. The zero-order valence-corrected chi connectivity index (χ0v) is 23.2. The monoisotopic (exact) mass is 540 g/mol. The maximum absolute atomic E-state index is 12.4. The second kappa shape index (κ2) is 14.3. The molecule has 2 amide bonds. The number of aromatic nitrogens is 2. The Bertz CT molecular complexity index is 1340. The van der Waals surface area contributed by atoms with Crippen molar-refractivity contribution in [2.24, 2.45) is 5.92 Å². The normalized spacial score (nSPS) is 13.6. The van der Waals surface area contributed by atoms with Crippen LogP contribution in [0.5, 0.6) is 0 Å². The average molecular weight is 541 g/mol. The zero-order chi connectivity index (χ0) is 28.3. The van der Waals surface area contributed by atoms with Gasteiger partial charge < -0.3 is 15.4 Å². The first-order valence-electron chi connectivity index (χ1n) is 13.7. The van der Waals surface area contributed by atoms with E-state index in [0.717, 1.165) is 56.0 Å². The van der Waals surface area contributed by atoms with Gasteiger partial charge in [0.25, 0.3) is 0 Å². The van der Waals surface area contributed by atoms with E-state index in [9.17, 15) is 14.9 Å². The molecular formula is C31H36N6O3. The molecule has 9 heteroatoms. The molecule has 208 valence electrons. The number of nitrogens with zero attached hydrogens (tertiary/aromatic N) is 4. The van der Waals surface area contributed by atoms with E-state index >= 15 is 0 Å². The van der Waals surface area contributed by atoms with Crippen LogP contribution in [0.3, 0.4) is 0 Å². The van der Waals surface area contributed by atoms with Crippen LogP contribution in [0.15, 0.2) is 54.7 Å². The minimum absolute atomic E-state index is 0.0253. The smallest absolute Gasteiger partial charge is 0.226 e. The van der Waals surface area contributed by atoms with E-state index in [0.29, 0.717) is 42.2 Å². The molecule has 40 heavy (non-hydrogen) atoms. The lowest BCUT2D eigenvalue weighted by Gasteiger charge is -2.26. The number of amides is 2. The highest BCUT2D eigenvalue weighted by Gasteiger charge is 2.13. The molecule has 2 heterocycles. The summed E-state index contributed by atoms with van der Waals surface area (Å²) < 4.78 is 5.36. The fourth-order valence-corrected chi connectivity index (χ4v) is 4.39. The van der Waals surface area contributed by atoms with Crippen LogP contribution in [-0.2, 0) is 27.2 Å². The number of hydrogen-bond acceptors (Lipinski definition) is 7. The van der Waals surface area contributed by atoms with Gasteiger partial charge in [0.2, 0.25) is 11.8 Å². The number of morpholine rings is 1. The largest absolute Gasteiger partial charge is 0.379 e. The highest BCUT2D eigenvalue weighted by Crippen LogP contribution is 2.24. The van der Waals surface area contributed by atoms with Crippen LogP contribution in [0.25, 0.3) is 11.3 Å². The van der Waals surface area contributed by atoms with E-state index in [1.54, 1.807) is 38.2 Å². The predicted octanol–water partition coefficient (Wildman–Crippen LogP) is 3.58. The lowest BCUT2D eigenvalue weighted by molar-refractivity contribution is -0.120. The van der Waals surface area contributed by atoms with Crippen molar-refractivity contribution in [1.29, 1.82) is 5.26 Å². The minimum atomic E-state index is -0.183. The molecule has 0 bridgehead atoms. The van der Waals surface area contributed by atoms with Gasteiger partial charge in [-0.25, -0.2) is 9.97 Å². The number of anilines is 1. The van der Waals surface area contributed by atoms with Crippen molar-refractivity contribution < 1.29 is 14.3 Å². The Morgan fingerprint density at radius 1 is 1.07 bits per heavy atom. The number of nitrogens with one attached hydrogen (secondary N) is 2. The Hall–Kier alpha value is -4.13. The summed E-state index contributed by atoms with van der Waals surface area (Å²) in [5.74, 6) is 0.355. The number of carbonyl (C=O) groups is 2. The van der Waals surface area contributed by atoms with E-state index in [2.05, 4.69) is 26.6 Å². The summed E-state index contributed by atoms with van der Waals surface area (Å²) in [5.41, 5.74) is 4.33. The van der Waals surface area contributed by atoms with Crippen molar-refractivity contribution in [3.05, 3.63) is 77.2 Å². The summed E-state index contributed by atoms with van der Waals surface area (Å²) in [6.07, 6.45) is 3.52. The number of carbonyl (C=O) groups excluding carboxylic acids is 2. The minimum Gasteiger partial charge on any atom is -0.379 e. The van der Waals surface area contributed by atoms with Gasteiger partial charge in [0.15, 0.2) is 0 Å². The third kappa shape index (κ3) is 8.43. The van der Waals surface area contributed by atoms with Crippen LogP contribution in [0.1, 0.15) is 42.8 Å². The molecule has 0 aliphatic carbocycles. The lowest BCUT2D eigenvalue weighted by atomic mass is 10.0. The van der Waals surface area contributed by atoms with Crippen LogP contribution in [-0.4, -0.2) is 66.1 Å². The van der Waals surface area contributed by atoms with Gasteiger partial charge in [0.1, 0.15) is 11.9 Å². The van der Waals surface area contributed by atoms with E-state index in [1.165, 1.54) is 0 Å².